The molecule has 0 bridgehead atoms. The van der Waals surface area contributed by atoms with Gasteiger partial charge in [0.1, 0.15) is 5.82 Å². The molecule has 1 aromatic heterocycles. The predicted molar refractivity (Wildman–Crippen MR) is 93.0 cm³/mol. The third-order valence-electron chi connectivity index (χ3n) is 4.12. The van der Waals surface area contributed by atoms with E-state index < -0.39 is 29.0 Å². The van der Waals surface area contributed by atoms with Crippen molar-refractivity contribution in [1.82, 2.24) is 9.13 Å². The molecular formula is C16H15ClN4O4. The number of carbonyl (C=O) groups is 2. The first-order chi connectivity index (χ1) is 11.8. The average molecular weight is 363 g/mol. The number of rotatable bonds is 2. The molecule has 3 rings (SSSR count). The van der Waals surface area contributed by atoms with Crippen molar-refractivity contribution >= 4 is 34.9 Å². The fourth-order valence-electron chi connectivity index (χ4n) is 2.79. The Balaban J connectivity index is 2.06. The summed E-state index contributed by atoms with van der Waals surface area (Å²) in [5.41, 5.74) is -0.601. The number of anilines is 2. The molecule has 8 nitrogen and oxygen atoms in total. The molecule has 9 heteroatoms. The maximum absolute atomic E-state index is 12.7. The van der Waals surface area contributed by atoms with Crippen LogP contribution in [0.5, 0.6) is 0 Å². The lowest BCUT2D eigenvalue weighted by molar-refractivity contribution is -0.123. The molecule has 0 saturated carbocycles. The van der Waals surface area contributed by atoms with Crippen LogP contribution in [0.4, 0.5) is 11.5 Å². The zero-order valence-corrected chi connectivity index (χ0v) is 14.3. The zero-order chi connectivity index (χ0) is 18.3. The molecule has 1 atom stereocenters. The van der Waals surface area contributed by atoms with E-state index in [1.54, 1.807) is 24.3 Å². The molecule has 2 heterocycles. The molecule has 1 aliphatic heterocycles. The normalized spacial score (nSPS) is 16.1. The van der Waals surface area contributed by atoms with E-state index in [2.05, 4.69) is 10.6 Å². The number of nitrogens with one attached hydrogen (secondary N) is 2. The van der Waals surface area contributed by atoms with Gasteiger partial charge in [-0.1, -0.05) is 11.6 Å². The van der Waals surface area contributed by atoms with Gasteiger partial charge in [0.05, 0.1) is 11.5 Å². The first-order valence-corrected chi connectivity index (χ1v) is 7.83. The van der Waals surface area contributed by atoms with Crippen molar-refractivity contribution < 1.29 is 9.59 Å². The van der Waals surface area contributed by atoms with Crippen molar-refractivity contribution in [1.29, 1.82) is 0 Å². The summed E-state index contributed by atoms with van der Waals surface area (Å²) in [6, 6.07) is 6.45. The van der Waals surface area contributed by atoms with Crippen molar-refractivity contribution in [2.75, 3.05) is 10.6 Å². The minimum absolute atomic E-state index is 0.0561. The molecule has 2 amide bonds. The second kappa shape index (κ2) is 6.21. The maximum Gasteiger partial charge on any atom is 0.332 e. The van der Waals surface area contributed by atoms with E-state index in [1.165, 1.54) is 14.1 Å². The largest absolute Gasteiger partial charge is 0.332 e. The summed E-state index contributed by atoms with van der Waals surface area (Å²) in [5, 5.41) is 5.69. The third kappa shape index (κ3) is 2.96. The molecule has 1 aliphatic rings. The van der Waals surface area contributed by atoms with Crippen LogP contribution in [-0.4, -0.2) is 20.9 Å². The summed E-state index contributed by atoms with van der Waals surface area (Å²) < 4.78 is 2.06. The smallest absolute Gasteiger partial charge is 0.326 e. The molecule has 0 aliphatic carbocycles. The molecule has 25 heavy (non-hydrogen) atoms. The van der Waals surface area contributed by atoms with Crippen molar-refractivity contribution in [3.8, 4) is 0 Å². The first-order valence-electron chi connectivity index (χ1n) is 7.45. The Labute approximate surface area is 147 Å². The lowest BCUT2D eigenvalue weighted by atomic mass is 9.92. The second-order valence-corrected chi connectivity index (χ2v) is 6.21. The Hall–Kier alpha value is -2.87. The van der Waals surface area contributed by atoms with Crippen molar-refractivity contribution in [3.63, 3.8) is 0 Å². The van der Waals surface area contributed by atoms with Crippen LogP contribution < -0.4 is 21.9 Å². The number of nitrogens with zero attached hydrogens (tertiary/aromatic N) is 2. The summed E-state index contributed by atoms with van der Waals surface area (Å²) in [5.74, 6) is -1.88. The van der Waals surface area contributed by atoms with Gasteiger partial charge < -0.3 is 10.6 Å². The Morgan fingerprint density at radius 3 is 2.44 bits per heavy atom. The SMILES string of the molecule is Cn1c2c(c(=O)n(C)c1=O)[C@@H](C(=O)Nc1ccc(Cl)cc1)CC(=O)N2. The molecular weight excluding hydrogens is 348 g/mol. The first kappa shape index (κ1) is 17.0. The number of aromatic nitrogens is 2. The Morgan fingerprint density at radius 2 is 1.80 bits per heavy atom. The van der Waals surface area contributed by atoms with Crippen molar-refractivity contribution in [2.45, 2.75) is 12.3 Å². The molecule has 2 N–H and O–H groups in total. The van der Waals surface area contributed by atoms with E-state index in [0.29, 0.717) is 10.7 Å². The highest BCUT2D eigenvalue weighted by Gasteiger charge is 2.35. The van der Waals surface area contributed by atoms with E-state index in [0.717, 1.165) is 9.13 Å². The minimum atomic E-state index is -0.995. The van der Waals surface area contributed by atoms with Crippen molar-refractivity contribution in [2.24, 2.45) is 14.1 Å². The number of carbonyl (C=O) groups excluding carboxylic acids is 2. The quantitative estimate of drug-likeness (QED) is 0.824. The van der Waals surface area contributed by atoms with Gasteiger partial charge in [0.2, 0.25) is 11.8 Å². The summed E-state index contributed by atoms with van der Waals surface area (Å²) in [6.07, 6.45) is -0.181. The minimum Gasteiger partial charge on any atom is -0.326 e. The number of fused-ring (bicyclic) bond motifs is 1. The van der Waals surface area contributed by atoms with E-state index >= 15 is 0 Å². The highest BCUT2D eigenvalue weighted by Crippen LogP contribution is 2.29. The van der Waals surface area contributed by atoms with Crippen LogP contribution >= 0.6 is 11.6 Å². The van der Waals surface area contributed by atoms with Gasteiger partial charge >= 0.3 is 5.69 Å². The van der Waals surface area contributed by atoms with Crippen LogP contribution in [0, 0.1) is 0 Å². The molecule has 0 radical (unpaired) electrons. The number of halogens is 1. The van der Waals surface area contributed by atoms with Gasteiger partial charge in [-0.05, 0) is 24.3 Å². The molecule has 2 aromatic rings. The standard InChI is InChI=1S/C16H15ClN4O4/c1-20-13-12(15(24)21(2)16(20)25)10(7-11(22)19-13)14(23)18-9-5-3-8(17)4-6-9/h3-6,10H,7H2,1-2H3,(H,18,23)(H,19,22)/t10-/m0/s1. The van der Waals surface area contributed by atoms with E-state index in [9.17, 15) is 19.2 Å². The zero-order valence-electron chi connectivity index (χ0n) is 13.5. The van der Waals surface area contributed by atoms with Gasteiger partial charge in [-0.2, -0.15) is 0 Å². The van der Waals surface area contributed by atoms with E-state index in [1.807, 2.05) is 0 Å². The van der Waals surface area contributed by atoms with Gasteiger partial charge in [-0.3, -0.25) is 23.5 Å². The third-order valence-corrected chi connectivity index (χ3v) is 4.38. The highest BCUT2D eigenvalue weighted by molar-refractivity contribution is 6.30. The van der Waals surface area contributed by atoms with E-state index in [-0.39, 0.29) is 17.8 Å². The van der Waals surface area contributed by atoms with Crippen LogP contribution in [0.2, 0.25) is 5.02 Å². The van der Waals surface area contributed by atoms with Gasteiger partial charge in [-0.25, -0.2) is 4.79 Å². The van der Waals surface area contributed by atoms with Crippen LogP contribution in [-0.2, 0) is 23.7 Å². The fourth-order valence-corrected chi connectivity index (χ4v) is 2.92. The Morgan fingerprint density at radius 1 is 1.16 bits per heavy atom. The summed E-state index contributed by atoms with van der Waals surface area (Å²) in [6.45, 7) is 0. The van der Waals surface area contributed by atoms with Crippen molar-refractivity contribution in [3.05, 3.63) is 55.7 Å². The number of hydrogen-bond donors (Lipinski definition) is 2. The molecule has 0 saturated heterocycles. The second-order valence-electron chi connectivity index (χ2n) is 5.77. The Kier molecular flexibility index (Phi) is 4.22. The average Bonchev–Trinajstić information content (AvgIpc) is 2.59. The van der Waals surface area contributed by atoms with Gasteiger partial charge in [-0.15, -0.1) is 0 Å². The molecule has 0 fully saturated rings. The molecule has 130 valence electrons. The van der Waals surface area contributed by atoms with Gasteiger partial charge in [0.25, 0.3) is 5.56 Å². The summed E-state index contributed by atoms with van der Waals surface area (Å²) in [7, 11) is 2.76. The fraction of sp³-hybridized carbons (Fsp3) is 0.250. The lowest BCUT2D eigenvalue weighted by Crippen LogP contribution is -2.45. The van der Waals surface area contributed by atoms with Gasteiger partial charge in [0, 0.05) is 31.2 Å². The Bertz CT molecular complexity index is 991. The van der Waals surface area contributed by atoms with Crippen LogP contribution in [0.25, 0.3) is 0 Å². The summed E-state index contributed by atoms with van der Waals surface area (Å²) >= 11 is 5.81. The van der Waals surface area contributed by atoms with E-state index in [4.69, 9.17) is 11.6 Å². The van der Waals surface area contributed by atoms with Crippen LogP contribution in [0.1, 0.15) is 17.9 Å². The number of benzene rings is 1. The lowest BCUT2D eigenvalue weighted by Gasteiger charge is -2.26. The summed E-state index contributed by atoms with van der Waals surface area (Å²) in [4.78, 5) is 49.2. The molecule has 0 spiro atoms. The maximum atomic E-state index is 12.7. The predicted octanol–water partition coefficient (Wildman–Crippen LogP) is 0.802. The number of amides is 2. The number of hydrogen-bond acceptors (Lipinski definition) is 4. The molecule has 0 unspecified atom stereocenters. The monoisotopic (exact) mass is 362 g/mol. The topological polar surface area (TPSA) is 102 Å². The van der Waals surface area contributed by atoms with Crippen LogP contribution in [0.3, 0.4) is 0 Å². The van der Waals surface area contributed by atoms with Crippen LogP contribution in [0.15, 0.2) is 33.9 Å². The highest BCUT2D eigenvalue weighted by atomic mass is 35.5. The van der Waals surface area contributed by atoms with Gasteiger partial charge in [0.15, 0.2) is 0 Å². The molecule has 1 aromatic carbocycles.